The molecule has 0 spiro atoms. The molecule has 0 aromatic carbocycles. The molecule has 0 amide bonds. The van der Waals surface area contributed by atoms with Crippen LogP contribution in [0.5, 0.6) is 0 Å². The van der Waals surface area contributed by atoms with E-state index < -0.39 is 0 Å². The van der Waals surface area contributed by atoms with E-state index >= 15 is 0 Å². The average Bonchev–Trinajstić information content (AvgIpc) is 1.95. The van der Waals surface area contributed by atoms with Gasteiger partial charge in [0.15, 0.2) is 0 Å². The molecule has 58 valence electrons. The van der Waals surface area contributed by atoms with Gasteiger partial charge in [0, 0.05) is 12.1 Å². The molecule has 0 N–H and O–H groups in total. The van der Waals surface area contributed by atoms with Crippen molar-refractivity contribution in [1.29, 1.82) is 0 Å². The second-order valence-corrected chi connectivity index (χ2v) is 2.63. The first-order valence-electron chi connectivity index (χ1n) is 3.29. The molecule has 1 aromatic heterocycles. The lowest BCUT2D eigenvalue weighted by Gasteiger charge is -1.98. The number of hydrogen-bond acceptors (Lipinski definition) is 2. The number of pyridine rings is 1. The molecule has 1 aromatic rings. The molecular formula is C8H8ClNO. The summed E-state index contributed by atoms with van der Waals surface area (Å²) in [7, 11) is 0. The molecule has 0 saturated carbocycles. The molecule has 0 unspecified atom stereocenters. The molecular weight excluding hydrogens is 162 g/mol. The molecule has 0 bridgehead atoms. The van der Waals surface area contributed by atoms with Gasteiger partial charge >= 0.3 is 0 Å². The summed E-state index contributed by atoms with van der Waals surface area (Å²) in [6.07, 6.45) is 1.16. The topological polar surface area (TPSA) is 30.0 Å². The van der Waals surface area contributed by atoms with Crippen LogP contribution in [0.1, 0.15) is 11.3 Å². The van der Waals surface area contributed by atoms with Crippen molar-refractivity contribution in [2.45, 2.75) is 13.3 Å². The number of aldehydes is 1. The van der Waals surface area contributed by atoms with Crippen LogP contribution in [0.15, 0.2) is 12.1 Å². The Kier molecular flexibility index (Phi) is 2.60. The maximum atomic E-state index is 10.1. The highest BCUT2D eigenvalue weighted by atomic mass is 35.5. The SMILES string of the molecule is Cc1ccc(CC=O)c(Cl)n1. The van der Waals surface area contributed by atoms with Gasteiger partial charge in [0.2, 0.25) is 0 Å². The summed E-state index contributed by atoms with van der Waals surface area (Å²) in [6, 6.07) is 3.66. The van der Waals surface area contributed by atoms with Gasteiger partial charge < -0.3 is 4.79 Å². The van der Waals surface area contributed by atoms with E-state index in [1.54, 1.807) is 0 Å². The summed E-state index contributed by atoms with van der Waals surface area (Å²) in [5.74, 6) is 0. The fourth-order valence-corrected chi connectivity index (χ4v) is 1.07. The van der Waals surface area contributed by atoms with Gasteiger partial charge in [-0.25, -0.2) is 4.98 Å². The number of hydrogen-bond donors (Lipinski definition) is 0. The average molecular weight is 170 g/mol. The normalized spacial score (nSPS) is 9.64. The van der Waals surface area contributed by atoms with Crippen molar-refractivity contribution in [3.63, 3.8) is 0 Å². The highest BCUT2D eigenvalue weighted by molar-refractivity contribution is 6.30. The zero-order valence-electron chi connectivity index (χ0n) is 6.17. The highest BCUT2D eigenvalue weighted by Crippen LogP contribution is 2.12. The van der Waals surface area contributed by atoms with E-state index in [2.05, 4.69) is 4.98 Å². The number of aromatic nitrogens is 1. The maximum Gasteiger partial charge on any atom is 0.132 e. The van der Waals surface area contributed by atoms with E-state index in [9.17, 15) is 4.79 Å². The molecule has 0 aliphatic heterocycles. The van der Waals surface area contributed by atoms with E-state index in [1.165, 1.54) is 0 Å². The number of carbonyl (C=O) groups excluding carboxylic acids is 1. The Morgan fingerprint density at radius 2 is 2.36 bits per heavy atom. The van der Waals surface area contributed by atoms with Crippen molar-refractivity contribution in [2.75, 3.05) is 0 Å². The van der Waals surface area contributed by atoms with E-state index in [1.807, 2.05) is 19.1 Å². The van der Waals surface area contributed by atoms with Crippen molar-refractivity contribution in [1.82, 2.24) is 4.98 Å². The molecule has 0 fully saturated rings. The van der Waals surface area contributed by atoms with Crippen molar-refractivity contribution in [2.24, 2.45) is 0 Å². The smallest absolute Gasteiger partial charge is 0.132 e. The standard InChI is InChI=1S/C8H8ClNO/c1-6-2-3-7(4-5-11)8(9)10-6/h2-3,5H,4H2,1H3. The van der Waals surface area contributed by atoms with Crippen LogP contribution in [0.25, 0.3) is 0 Å². The molecule has 1 rings (SSSR count). The van der Waals surface area contributed by atoms with Gasteiger partial charge in [-0.3, -0.25) is 0 Å². The monoisotopic (exact) mass is 169 g/mol. The van der Waals surface area contributed by atoms with Gasteiger partial charge in [-0.1, -0.05) is 17.7 Å². The molecule has 0 radical (unpaired) electrons. The lowest BCUT2D eigenvalue weighted by molar-refractivity contribution is -0.107. The number of nitrogens with zero attached hydrogens (tertiary/aromatic N) is 1. The predicted molar refractivity (Wildman–Crippen MR) is 43.8 cm³/mol. The predicted octanol–water partition coefficient (Wildman–Crippen LogP) is 1.78. The summed E-state index contributed by atoms with van der Waals surface area (Å²) in [5.41, 5.74) is 1.65. The van der Waals surface area contributed by atoms with E-state index in [-0.39, 0.29) is 0 Å². The van der Waals surface area contributed by atoms with E-state index in [4.69, 9.17) is 11.6 Å². The Bertz CT molecular complexity index is 273. The van der Waals surface area contributed by atoms with Gasteiger partial charge in [0.1, 0.15) is 11.4 Å². The first-order valence-corrected chi connectivity index (χ1v) is 3.67. The molecule has 0 atom stereocenters. The third-order valence-corrected chi connectivity index (χ3v) is 1.70. The Balaban J connectivity index is 2.98. The van der Waals surface area contributed by atoms with Crippen LogP contribution < -0.4 is 0 Å². The molecule has 0 saturated heterocycles. The molecule has 0 aliphatic rings. The first-order chi connectivity index (χ1) is 5.24. The number of aryl methyl sites for hydroxylation is 1. The minimum atomic E-state index is 0.339. The largest absolute Gasteiger partial charge is 0.303 e. The molecule has 2 nitrogen and oxygen atoms in total. The van der Waals surface area contributed by atoms with E-state index in [0.29, 0.717) is 11.6 Å². The van der Waals surface area contributed by atoms with Gasteiger partial charge in [0.25, 0.3) is 0 Å². The quantitative estimate of drug-likeness (QED) is 0.499. The van der Waals surface area contributed by atoms with Crippen LogP contribution in [0, 0.1) is 6.92 Å². The second kappa shape index (κ2) is 3.49. The van der Waals surface area contributed by atoms with Crippen molar-refractivity contribution < 1.29 is 4.79 Å². The Hall–Kier alpha value is -0.890. The number of carbonyl (C=O) groups is 1. The van der Waals surface area contributed by atoms with Crippen LogP contribution in [-0.2, 0) is 11.2 Å². The van der Waals surface area contributed by atoms with Crippen LogP contribution in [0.4, 0.5) is 0 Å². The lowest BCUT2D eigenvalue weighted by atomic mass is 10.2. The molecule has 3 heteroatoms. The highest BCUT2D eigenvalue weighted by Gasteiger charge is 1.99. The summed E-state index contributed by atoms with van der Waals surface area (Å²) < 4.78 is 0. The summed E-state index contributed by atoms with van der Waals surface area (Å²) in [4.78, 5) is 14.1. The maximum absolute atomic E-state index is 10.1. The summed E-state index contributed by atoms with van der Waals surface area (Å²) in [5, 5.41) is 0.428. The minimum Gasteiger partial charge on any atom is -0.303 e. The van der Waals surface area contributed by atoms with Crippen LogP contribution in [0.2, 0.25) is 5.15 Å². The fraction of sp³-hybridized carbons (Fsp3) is 0.250. The summed E-state index contributed by atoms with van der Waals surface area (Å²) >= 11 is 5.74. The van der Waals surface area contributed by atoms with Crippen LogP contribution in [0.3, 0.4) is 0 Å². The lowest BCUT2D eigenvalue weighted by Crippen LogP contribution is -1.91. The van der Waals surface area contributed by atoms with Gasteiger partial charge in [-0.2, -0.15) is 0 Å². The Labute approximate surface area is 70.2 Å². The summed E-state index contributed by atoms with van der Waals surface area (Å²) in [6.45, 7) is 1.86. The zero-order chi connectivity index (χ0) is 8.27. The van der Waals surface area contributed by atoms with Gasteiger partial charge in [0.05, 0.1) is 0 Å². The minimum absolute atomic E-state index is 0.339. The van der Waals surface area contributed by atoms with Crippen molar-refractivity contribution in [3.05, 3.63) is 28.5 Å². The molecule has 11 heavy (non-hydrogen) atoms. The second-order valence-electron chi connectivity index (χ2n) is 2.27. The van der Waals surface area contributed by atoms with Crippen LogP contribution in [-0.4, -0.2) is 11.3 Å². The number of halogens is 1. The molecule has 0 aliphatic carbocycles. The fourth-order valence-electron chi connectivity index (χ4n) is 0.796. The Morgan fingerprint density at radius 3 is 2.91 bits per heavy atom. The van der Waals surface area contributed by atoms with Crippen LogP contribution >= 0.6 is 11.6 Å². The van der Waals surface area contributed by atoms with Crippen molar-refractivity contribution >= 4 is 17.9 Å². The third kappa shape index (κ3) is 2.02. The first kappa shape index (κ1) is 8.21. The number of rotatable bonds is 2. The van der Waals surface area contributed by atoms with Gasteiger partial charge in [-0.15, -0.1) is 0 Å². The zero-order valence-corrected chi connectivity index (χ0v) is 6.93. The Morgan fingerprint density at radius 1 is 1.64 bits per heavy atom. The van der Waals surface area contributed by atoms with E-state index in [0.717, 1.165) is 17.5 Å². The van der Waals surface area contributed by atoms with Gasteiger partial charge in [-0.05, 0) is 18.6 Å². The molecule has 1 heterocycles. The van der Waals surface area contributed by atoms with Crippen molar-refractivity contribution in [3.8, 4) is 0 Å². The third-order valence-electron chi connectivity index (χ3n) is 1.37.